The normalized spacial score (nSPS) is 11.8. The second kappa shape index (κ2) is 6.34. The maximum absolute atomic E-state index is 11.3. The number of esters is 1. The average Bonchev–Trinajstić information content (AvgIpc) is 2.36. The number of rotatable bonds is 5. The zero-order chi connectivity index (χ0) is 13.7. The molecule has 0 radical (unpaired) electrons. The first-order valence-electron chi connectivity index (χ1n) is 5.22. The van der Waals surface area contributed by atoms with Crippen LogP contribution in [0.3, 0.4) is 0 Å². The molecule has 1 heterocycles. The molecule has 8 heteroatoms. The summed E-state index contributed by atoms with van der Waals surface area (Å²) in [5.41, 5.74) is 0. The molecule has 1 rings (SSSR count). The third-order valence-electron chi connectivity index (χ3n) is 2.25. The minimum atomic E-state index is -0.304. The summed E-state index contributed by atoms with van der Waals surface area (Å²) >= 11 is 5.74. The van der Waals surface area contributed by atoms with Crippen molar-refractivity contribution in [2.75, 3.05) is 32.7 Å². The first-order valence-corrected chi connectivity index (χ1v) is 5.60. The SMILES string of the molecule is COC(=O)C(C)CN(C)c1nc(Cl)nc(OC)n1. The zero-order valence-corrected chi connectivity index (χ0v) is 11.4. The van der Waals surface area contributed by atoms with Gasteiger partial charge in [-0.2, -0.15) is 15.0 Å². The Balaban J connectivity index is 2.80. The monoisotopic (exact) mass is 274 g/mol. The predicted molar refractivity (Wildman–Crippen MR) is 65.8 cm³/mol. The molecule has 0 bridgehead atoms. The molecule has 0 fully saturated rings. The van der Waals surface area contributed by atoms with Gasteiger partial charge in [0.2, 0.25) is 11.2 Å². The summed E-state index contributed by atoms with van der Waals surface area (Å²) in [7, 11) is 4.53. The number of ether oxygens (including phenoxy) is 2. The first kappa shape index (κ1) is 14.4. The van der Waals surface area contributed by atoms with E-state index in [1.54, 1.807) is 18.9 Å². The van der Waals surface area contributed by atoms with Crippen molar-refractivity contribution in [3.63, 3.8) is 0 Å². The topological polar surface area (TPSA) is 77.4 Å². The Kier molecular flexibility index (Phi) is 5.08. The molecular formula is C10H15ClN4O3. The lowest BCUT2D eigenvalue weighted by atomic mass is 10.2. The maximum Gasteiger partial charge on any atom is 0.322 e. The van der Waals surface area contributed by atoms with Crippen molar-refractivity contribution >= 4 is 23.5 Å². The Morgan fingerprint density at radius 2 is 2.06 bits per heavy atom. The highest BCUT2D eigenvalue weighted by Gasteiger charge is 2.18. The van der Waals surface area contributed by atoms with Gasteiger partial charge < -0.3 is 14.4 Å². The summed E-state index contributed by atoms with van der Waals surface area (Å²) < 4.78 is 9.54. The summed E-state index contributed by atoms with van der Waals surface area (Å²) in [6, 6.07) is 0.127. The molecule has 0 N–H and O–H groups in total. The van der Waals surface area contributed by atoms with E-state index in [0.29, 0.717) is 12.5 Å². The van der Waals surface area contributed by atoms with Gasteiger partial charge in [0.1, 0.15) is 0 Å². The highest BCUT2D eigenvalue weighted by atomic mass is 35.5. The van der Waals surface area contributed by atoms with Gasteiger partial charge in [-0.05, 0) is 11.6 Å². The number of aromatic nitrogens is 3. The van der Waals surface area contributed by atoms with Crippen LogP contribution in [0.1, 0.15) is 6.92 Å². The molecule has 18 heavy (non-hydrogen) atoms. The van der Waals surface area contributed by atoms with Crippen LogP contribution in [0.25, 0.3) is 0 Å². The minimum absolute atomic E-state index is 0.0365. The minimum Gasteiger partial charge on any atom is -0.469 e. The lowest BCUT2D eigenvalue weighted by Crippen LogP contribution is -2.30. The summed E-state index contributed by atoms with van der Waals surface area (Å²) in [4.78, 5) is 24.8. The molecule has 1 aromatic heterocycles. The average molecular weight is 275 g/mol. The molecule has 1 aromatic rings. The molecule has 0 saturated carbocycles. The van der Waals surface area contributed by atoms with Crippen molar-refractivity contribution < 1.29 is 14.3 Å². The molecule has 1 atom stereocenters. The predicted octanol–water partition coefficient (Wildman–Crippen LogP) is 0.779. The van der Waals surface area contributed by atoms with Crippen molar-refractivity contribution in [1.82, 2.24) is 15.0 Å². The van der Waals surface area contributed by atoms with Gasteiger partial charge in [-0.3, -0.25) is 4.79 Å². The van der Waals surface area contributed by atoms with Crippen LogP contribution in [-0.4, -0.2) is 48.7 Å². The smallest absolute Gasteiger partial charge is 0.322 e. The van der Waals surface area contributed by atoms with Crippen LogP contribution < -0.4 is 9.64 Å². The highest BCUT2D eigenvalue weighted by Crippen LogP contribution is 2.15. The van der Waals surface area contributed by atoms with Crippen molar-refractivity contribution in [2.24, 2.45) is 5.92 Å². The number of carbonyl (C=O) groups is 1. The molecule has 0 aliphatic carbocycles. The Morgan fingerprint density at radius 1 is 1.39 bits per heavy atom. The lowest BCUT2D eigenvalue weighted by Gasteiger charge is -2.20. The zero-order valence-electron chi connectivity index (χ0n) is 10.7. The molecule has 0 aromatic carbocycles. The maximum atomic E-state index is 11.3. The number of methoxy groups -OCH3 is 2. The van der Waals surface area contributed by atoms with E-state index in [2.05, 4.69) is 19.7 Å². The molecule has 100 valence electrons. The fourth-order valence-electron chi connectivity index (χ4n) is 1.35. The molecular weight excluding hydrogens is 260 g/mol. The fraction of sp³-hybridized carbons (Fsp3) is 0.600. The van der Waals surface area contributed by atoms with Crippen LogP contribution >= 0.6 is 11.6 Å². The summed E-state index contributed by atoms with van der Waals surface area (Å²) in [6.07, 6.45) is 0. The van der Waals surface area contributed by atoms with Gasteiger partial charge in [0.05, 0.1) is 20.1 Å². The van der Waals surface area contributed by atoms with Crippen molar-refractivity contribution in [3.05, 3.63) is 5.28 Å². The van der Waals surface area contributed by atoms with Crippen LogP contribution in [-0.2, 0) is 9.53 Å². The number of halogens is 1. The van der Waals surface area contributed by atoms with Gasteiger partial charge >= 0.3 is 12.0 Å². The molecule has 0 amide bonds. The Bertz CT molecular complexity index is 430. The van der Waals surface area contributed by atoms with Crippen molar-refractivity contribution in [2.45, 2.75) is 6.92 Å². The Morgan fingerprint density at radius 3 is 2.61 bits per heavy atom. The van der Waals surface area contributed by atoms with E-state index >= 15 is 0 Å². The van der Waals surface area contributed by atoms with Crippen LogP contribution in [0.15, 0.2) is 0 Å². The second-order valence-corrected chi connectivity index (χ2v) is 4.03. The fourth-order valence-corrected chi connectivity index (χ4v) is 1.50. The molecule has 1 unspecified atom stereocenters. The van der Waals surface area contributed by atoms with Crippen LogP contribution in [0.2, 0.25) is 5.28 Å². The van der Waals surface area contributed by atoms with Gasteiger partial charge in [-0.25, -0.2) is 0 Å². The van der Waals surface area contributed by atoms with Gasteiger partial charge in [-0.1, -0.05) is 6.92 Å². The summed E-state index contributed by atoms with van der Waals surface area (Å²) in [5.74, 6) is -0.266. The van der Waals surface area contributed by atoms with E-state index in [4.69, 9.17) is 16.3 Å². The standard InChI is InChI=1S/C10H15ClN4O3/c1-6(7(16)17-3)5-15(2)9-12-8(11)13-10(14-9)18-4/h6H,5H2,1-4H3. The first-order chi connectivity index (χ1) is 8.47. The third-order valence-corrected chi connectivity index (χ3v) is 2.42. The van der Waals surface area contributed by atoms with Crippen LogP contribution in [0.5, 0.6) is 6.01 Å². The van der Waals surface area contributed by atoms with E-state index in [-0.39, 0.29) is 23.2 Å². The van der Waals surface area contributed by atoms with E-state index in [0.717, 1.165) is 0 Å². The largest absolute Gasteiger partial charge is 0.469 e. The van der Waals surface area contributed by atoms with Gasteiger partial charge in [0, 0.05) is 13.6 Å². The Hall–Kier alpha value is -1.63. The molecule has 7 nitrogen and oxygen atoms in total. The molecule has 0 saturated heterocycles. The lowest BCUT2D eigenvalue weighted by molar-refractivity contribution is -0.144. The van der Waals surface area contributed by atoms with Gasteiger partial charge in [-0.15, -0.1) is 0 Å². The molecule has 0 spiro atoms. The number of anilines is 1. The molecule has 0 aliphatic rings. The number of hydrogen-bond acceptors (Lipinski definition) is 7. The van der Waals surface area contributed by atoms with Gasteiger partial charge in [0.25, 0.3) is 0 Å². The number of hydrogen-bond donors (Lipinski definition) is 0. The van der Waals surface area contributed by atoms with E-state index in [1.807, 2.05) is 0 Å². The quantitative estimate of drug-likeness (QED) is 0.734. The summed E-state index contributed by atoms with van der Waals surface area (Å²) in [5, 5.41) is 0.0365. The Labute approximate surface area is 110 Å². The van der Waals surface area contributed by atoms with E-state index < -0.39 is 0 Å². The highest BCUT2D eigenvalue weighted by molar-refractivity contribution is 6.28. The molecule has 0 aliphatic heterocycles. The van der Waals surface area contributed by atoms with Crippen LogP contribution in [0, 0.1) is 5.92 Å². The van der Waals surface area contributed by atoms with Crippen molar-refractivity contribution in [1.29, 1.82) is 0 Å². The third kappa shape index (κ3) is 3.69. The van der Waals surface area contributed by atoms with Gasteiger partial charge in [0.15, 0.2) is 0 Å². The van der Waals surface area contributed by atoms with Crippen molar-refractivity contribution in [3.8, 4) is 6.01 Å². The van der Waals surface area contributed by atoms with Crippen LogP contribution in [0.4, 0.5) is 5.95 Å². The number of nitrogens with zero attached hydrogens (tertiary/aromatic N) is 4. The summed E-state index contributed by atoms with van der Waals surface area (Å²) in [6.45, 7) is 2.15. The van der Waals surface area contributed by atoms with E-state index in [9.17, 15) is 4.79 Å². The van der Waals surface area contributed by atoms with E-state index in [1.165, 1.54) is 14.2 Å². The number of carbonyl (C=O) groups excluding carboxylic acids is 1. The second-order valence-electron chi connectivity index (χ2n) is 3.70.